The van der Waals surface area contributed by atoms with Crippen molar-refractivity contribution in [2.75, 3.05) is 32.1 Å². The lowest BCUT2D eigenvalue weighted by molar-refractivity contribution is 0.224. The van der Waals surface area contributed by atoms with Crippen molar-refractivity contribution in [3.05, 3.63) is 0 Å². The van der Waals surface area contributed by atoms with Gasteiger partial charge in [-0.1, -0.05) is 0 Å². The average molecular weight is 164 g/mol. The summed E-state index contributed by atoms with van der Waals surface area (Å²) in [7, 11) is 0. The van der Waals surface area contributed by atoms with Crippen LogP contribution in [0.25, 0.3) is 0 Å². The predicted octanol–water partition coefficient (Wildman–Crippen LogP) is 0.539. The van der Waals surface area contributed by atoms with Crippen molar-refractivity contribution in [1.82, 2.24) is 4.90 Å². The van der Waals surface area contributed by atoms with E-state index >= 15 is 0 Å². The van der Waals surface area contributed by atoms with E-state index < -0.39 is 0 Å². The lowest BCUT2D eigenvalue weighted by atomic mass is 10.1. The van der Waals surface area contributed by atoms with Crippen LogP contribution in [0.5, 0.6) is 0 Å². The zero-order chi connectivity index (χ0) is 7.40. The van der Waals surface area contributed by atoms with E-state index in [1.54, 1.807) is 0 Å². The Balaban J connectivity index is 2.15. The predicted molar refractivity (Wildman–Crippen MR) is 42.4 cm³/mol. The Morgan fingerprint density at radius 1 is 1.60 bits per heavy atom. The van der Waals surface area contributed by atoms with Gasteiger partial charge in [0, 0.05) is 25.6 Å². The van der Waals surface area contributed by atoms with Crippen molar-refractivity contribution in [3.63, 3.8) is 0 Å². The molecule has 0 aromatic rings. The fraction of sp³-hybridized carbons (Fsp3) is 1.00. The van der Waals surface area contributed by atoms with Crippen LogP contribution in [-0.4, -0.2) is 42.1 Å². The molecule has 0 aromatic carbocycles. The standard InChI is InChI=1S/C7H14ClNO/c8-2-4-9-3-1-7(5-9)6-10/h7,10H,1-6H2. The molecule has 1 aliphatic heterocycles. The molecule has 1 heterocycles. The van der Waals surface area contributed by atoms with Crippen molar-refractivity contribution in [3.8, 4) is 0 Å². The molecule has 2 nitrogen and oxygen atoms in total. The molecule has 1 aliphatic rings. The highest BCUT2D eigenvalue weighted by atomic mass is 35.5. The third-order valence-corrected chi connectivity index (χ3v) is 2.20. The maximum Gasteiger partial charge on any atom is 0.0471 e. The summed E-state index contributed by atoms with van der Waals surface area (Å²) in [4.78, 5) is 2.30. The average Bonchev–Trinajstić information content (AvgIpc) is 2.37. The first-order chi connectivity index (χ1) is 4.86. The molecule has 0 bridgehead atoms. The molecule has 1 atom stereocenters. The van der Waals surface area contributed by atoms with E-state index in [0.717, 1.165) is 26.1 Å². The highest BCUT2D eigenvalue weighted by Crippen LogP contribution is 2.14. The number of rotatable bonds is 3. The Labute approximate surface area is 66.8 Å². The monoisotopic (exact) mass is 163 g/mol. The minimum atomic E-state index is 0.332. The second-order valence-corrected chi connectivity index (χ2v) is 3.20. The molecule has 0 amide bonds. The van der Waals surface area contributed by atoms with Gasteiger partial charge in [-0.25, -0.2) is 0 Å². The van der Waals surface area contributed by atoms with E-state index in [1.165, 1.54) is 0 Å². The molecule has 1 rings (SSSR count). The molecular formula is C7H14ClNO. The number of halogens is 1. The van der Waals surface area contributed by atoms with Gasteiger partial charge < -0.3 is 10.0 Å². The summed E-state index contributed by atoms with van der Waals surface area (Å²) in [5.41, 5.74) is 0. The molecule has 1 N–H and O–H groups in total. The van der Waals surface area contributed by atoms with Gasteiger partial charge >= 0.3 is 0 Å². The smallest absolute Gasteiger partial charge is 0.0471 e. The molecule has 3 heteroatoms. The number of aliphatic hydroxyl groups is 1. The highest BCUT2D eigenvalue weighted by molar-refractivity contribution is 6.18. The van der Waals surface area contributed by atoms with Gasteiger partial charge in [0.2, 0.25) is 0 Å². The van der Waals surface area contributed by atoms with E-state index in [4.69, 9.17) is 16.7 Å². The molecule has 0 aliphatic carbocycles. The summed E-state index contributed by atoms with van der Waals surface area (Å²) in [5.74, 6) is 1.21. The SMILES string of the molecule is OCC1CCN(CCCl)C1. The number of alkyl halides is 1. The summed E-state index contributed by atoms with van der Waals surface area (Å²) in [5, 5.41) is 8.79. The number of hydrogen-bond acceptors (Lipinski definition) is 2. The third kappa shape index (κ3) is 2.11. The fourth-order valence-electron chi connectivity index (χ4n) is 1.38. The highest BCUT2D eigenvalue weighted by Gasteiger charge is 2.20. The summed E-state index contributed by atoms with van der Waals surface area (Å²) in [6.45, 7) is 3.44. The molecule has 1 fully saturated rings. The van der Waals surface area contributed by atoms with Crippen LogP contribution in [0.2, 0.25) is 0 Å². The molecule has 0 spiro atoms. The summed E-state index contributed by atoms with van der Waals surface area (Å²) in [6, 6.07) is 0. The van der Waals surface area contributed by atoms with Gasteiger partial charge in [0.1, 0.15) is 0 Å². The summed E-state index contributed by atoms with van der Waals surface area (Å²) < 4.78 is 0. The van der Waals surface area contributed by atoms with Crippen LogP contribution >= 0.6 is 11.6 Å². The van der Waals surface area contributed by atoms with Crippen molar-refractivity contribution in [2.45, 2.75) is 6.42 Å². The first kappa shape index (κ1) is 8.31. The van der Waals surface area contributed by atoms with Crippen LogP contribution in [0.4, 0.5) is 0 Å². The van der Waals surface area contributed by atoms with E-state index in [9.17, 15) is 0 Å². The lowest BCUT2D eigenvalue weighted by Gasteiger charge is -2.12. The second-order valence-electron chi connectivity index (χ2n) is 2.83. The van der Waals surface area contributed by atoms with Gasteiger partial charge in [-0.05, 0) is 18.9 Å². The third-order valence-electron chi connectivity index (χ3n) is 2.03. The maximum absolute atomic E-state index is 8.79. The Morgan fingerprint density at radius 3 is 2.90 bits per heavy atom. The molecule has 0 radical (unpaired) electrons. The largest absolute Gasteiger partial charge is 0.396 e. The van der Waals surface area contributed by atoms with Crippen molar-refractivity contribution >= 4 is 11.6 Å². The zero-order valence-electron chi connectivity index (χ0n) is 6.09. The van der Waals surface area contributed by atoms with Crippen molar-refractivity contribution < 1.29 is 5.11 Å². The molecule has 60 valence electrons. The molecular weight excluding hydrogens is 150 g/mol. The zero-order valence-corrected chi connectivity index (χ0v) is 6.85. The van der Waals surface area contributed by atoms with Crippen LogP contribution in [-0.2, 0) is 0 Å². The quantitative estimate of drug-likeness (QED) is 0.614. The second kappa shape index (κ2) is 4.16. The fourth-order valence-corrected chi connectivity index (χ4v) is 1.62. The van der Waals surface area contributed by atoms with Gasteiger partial charge in [-0.3, -0.25) is 0 Å². The van der Waals surface area contributed by atoms with Gasteiger partial charge in [-0.15, -0.1) is 11.6 Å². The Kier molecular flexibility index (Phi) is 3.46. The van der Waals surface area contributed by atoms with E-state index in [-0.39, 0.29) is 0 Å². The first-order valence-corrected chi connectivity index (χ1v) is 4.29. The minimum absolute atomic E-state index is 0.332. The number of aliphatic hydroxyl groups excluding tert-OH is 1. The van der Waals surface area contributed by atoms with Gasteiger partial charge in [0.15, 0.2) is 0 Å². The first-order valence-electron chi connectivity index (χ1n) is 3.76. The summed E-state index contributed by atoms with van der Waals surface area (Å²) in [6.07, 6.45) is 1.13. The number of likely N-dealkylation sites (tertiary alicyclic amines) is 1. The van der Waals surface area contributed by atoms with Crippen LogP contribution in [0.3, 0.4) is 0 Å². The van der Waals surface area contributed by atoms with E-state index in [2.05, 4.69) is 4.90 Å². The molecule has 0 aromatic heterocycles. The molecule has 0 saturated carbocycles. The van der Waals surface area contributed by atoms with Crippen LogP contribution < -0.4 is 0 Å². The summed E-state index contributed by atoms with van der Waals surface area (Å²) >= 11 is 5.57. The Hall–Kier alpha value is 0.210. The Morgan fingerprint density at radius 2 is 2.40 bits per heavy atom. The van der Waals surface area contributed by atoms with Crippen LogP contribution in [0, 0.1) is 5.92 Å². The molecule has 1 saturated heterocycles. The van der Waals surface area contributed by atoms with Crippen LogP contribution in [0.1, 0.15) is 6.42 Å². The van der Waals surface area contributed by atoms with Gasteiger partial charge in [0.05, 0.1) is 0 Å². The van der Waals surface area contributed by atoms with Crippen LogP contribution in [0.15, 0.2) is 0 Å². The van der Waals surface area contributed by atoms with E-state index in [0.29, 0.717) is 18.4 Å². The lowest BCUT2D eigenvalue weighted by Crippen LogP contribution is -2.23. The number of nitrogens with zero attached hydrogens (tertiary/aromatic N) is 1. The molecule has 1 unspecified atom stereocenters. The van der Waals surface area contributed by atoms with Crippen molar-refractivity contribution in [2.24, 2.45) is 5.92 Å². The van der Waals surface area contributed by atoms with Gasteiger partial charge in [-0.2, -0.15) is 0 Å². The molecule has 10 heavy (non-hydrogen) atoms. The Bertz CT molecular complexity index is 99.6. The topological polar surface area (TPSA) is 23.5 Å². The maximum atomic E-state index is 8.79. The van der Waals surface area contributed by atoms with Gasteiger partial charge in [0.25, 0.3) is 0 Å². The minimum Gasteiger partial charge on any atom is -0.396 e. The van der Waals surface area contributed by atoms with Crippen molar-refractivity contribution in [1.29, 1.82) is 0 Å². The number of hydrogen-bond donors (Lipinski definition) is 1. The van der Waals surface area contributed by atoms with E-state index in [1.807, 2.05) is 0 Å². The normalized spacial score (nSPS) is 27.6.